The molecular formula is C27H39NO3Si. The maximum Gasteiger partial charge on any atom is 0.305 e. The van der Waals surface area contributed by atoms with Gasteiger partial charge in [0.15, 0.2) is 8.32 Å². The molecule has 0 fully saturated rings. The van der Waals surface area contributed by atoms with Gasteiger partial charge in [0.25, 0.3) is 0 Å². The number of pyridine rings is 1. The number of nitrogens with zero attached hydrogens (tertiary/aromatic N) is 1. The second-order valence-electron chi connectivity index (χ2n) is 9.70. The van der Waals surface area contributed by atoms with Crippen molar-refractivity contribution in [1.82, 2.24) is 4.98 Å². The summed E-state index contributed by atoms with van der Waals surface area (Å²) in [5, 5.41) is 0.206. The fraction of sp³-hybridized carbons (Fsp3) is 0.481. The van der Waals surface area contributed by atoms with Crippen LogP contribution in [0.5, 0.6) is 0 Å². The van der Waals surface area contributed by atoms with Gasteiger partial charge < -0.3 is 9.16 Å². The summed E-state index contributed by atoms with van der Waals surface area (Å²) < 4.78 is 11.2. The average molecular weight is 454 g/mol. The first kappa shape index (κ1) is 26.0. The third kappa shape index (κ3) is 7.71. The second-order valence-corrected chi connectivity index (χ2v) is 14.5. The Bertz CT molecular complexity index is 885. The number of rotatable bonds is 11. The summed E-state index contributed by atoms with van der Waals surface area (Å²) in [6.45, 7) is 12.2. The van der Waals surface area contributed by atoms with Crippen molar-refractivity contribution in [3.8, 4) is 0 Å². The second kappa shape index (κ2) is 12.1. The van der Waals surface area contributed by atoms with E-state index < -0.39 is 8.32 Å². The molecule has 2 rings (SSSR count). The van der Waals surface area contributed by atoms with Crippen LogP contribution in [0, 0.1) is 0 Å². The minimum Gasteiger partial charge on any atom is -0.469 e. The third-order valence-electron chi connectivity index (χ3n) is 6.33. The standard InChI is InChI=1S/C27H39NO3Si/c1-27(2,3)32(5,6)31-20-18-22-13-10-11-16-24(22)25(23-14-12-19-28-21-23)15-8-7-9-17-26(29)30-4/h10-16,19,21H,7-9,17-18,20H2,1-6H3/b25-15+. The molecule has 0 aliphatic rings. The van der Waals surface area contributed by atoms with Gasteiger partial charge in [-0.15, -0.1) is 0 Å². The van der Waals surface area contributed by atoms with Gasteiger partial charge in [-0.25, -0.2) is 0 Å². The number of unbranched alkanes of at least 4 members (excludes halogenated alkanes) is 2. The van der Waals surface area contributed by atoms with E-state index in [1.54, 1.807) is 6.20 Å². The lowest BCUT2D eigenvalue weighted by atomic mass is 9.92. The van der Waals surface area contributed by atoms with Gasteiger partial charge in [-0.3, -0.25) is 9.78 Å². The molecule has 0 saturated carbocycles. The molecule has 4 nitrogen and oxygen atoms in total. The Morgan fingerprint density at radius 3 is 2.50 bits per heavy atom. The fourth-order valence-electron chi connectivity index (χ4n) is 3.30. The van der Waals surface area contributed by atoms with Crippen molar-refractivity contribution >= 4 is 19.9 Å². The summed E-state index contributed by atoms with van der Waals surface area (Å²) in [4.78, 5) is 15.7. The topological polar surface area (TPSA) is 48.4 Å². The number of esters is 1. The molecule has 0 amide bonds. The molecular weight excluding hydrogens is 414 g/mol. The molecule has 0 saturated heterocycles. The Morgan fingerprint density at radius 2 is 1.84 bits per heavy atom. The van der Waals surface area contributed by atoms with Gasteiger partial charge in [-0.2, -0.15) is 0 Å². The van der Waals surface area contributed by atoms with Crippen LogP contribution in [0.4, 0.5) is 0 Å². The van der Waals surface area contributed by atoms with Gasteiger partial charge in [-0.1, -0.05) is 57.2 Å². The SMILES string of the molecule is COC(=O)CCCC/C=C(\c1cccnc1)c1ccccc1CCO[Si](C)(C)C(C)(C)C. The van der Waals surface area contributed by atoms with Gasteiger partial charge in [0.1, 0.15) is 0 Å². The molecule has 0 aliphatic carbocycles. The van der Waals surface area contributed by atoms with Crippen LogP contribution in [0.25, 0.3) is 5.57 Å². The molecule has 0 radical (unpaired) electrons. The lowest BCUT2D eigenvalue weighted by Gasteiger charge is -2.36. The number of carbonyl (C=O) groups is 1. The number of aromatic nitrogens is 1. The van der Waals surface area contributed by atoms with E-state index in [2.05, 4.69) is 75.3 Å². The van der Waals surface area contributed by atoms with Crippen molar-refractivity contribution in [2.75, 3.05) is 13.7 Å². The summed E-state index contributed by atoms with van der Waals surface area (Å²) in [5.74, 6) is -0.145. The average Bonchev–Trinajstić information content (AvgIpc) is 2.76. The number of ether oxygens (including phenoxy) is 1. The van der Waals surface area contributed by atoms with Gasteiger partial charge in [0.2, 0.25) is 0 Å². The minimum atomic E-state index is -1.77. The smallest absolute Gasteiger partial charge is 0.305 e. The van der Waals surface area contributed by atoms with Crippen molar-refractivity contribution < 1.29 is 14.0 Å². The highest BCUT2D eigenvalue weighted by atomic mass is 28.4. The molecule has 2 aromatic rings. The summed E-state index contributed by atoms with van der Waals surface area (Å²) in [6, 6.07) is 12.7. The van der Waals surface area contributed by atoms with Crippen molar-refractivity contribution in [3.05, 3.63) is 71.6 Å². The number of methoxy groups -OCH3 is 1. The van der Waals surface area contributed by atoms with E-state index >= 15 is 0 Å². The zero-order chi connectivity index (χ0) is 23.6. The number of carbonyl (C=O) groups excluding carboxylic acids is 1. The van der Waals surface area contributed by atoms with Crippen LogP contribution in [-0.4, -0.2) is 33.0 Å². The molecule has 1 heterocycles. The van der Waals surface area contributed by atoms with Crippen LogP contribution < -0.4 is 0 Å². The van der Waals surface area contributed by atoms with Crippen molar-refractivity contribution in [3.63, 3.8) is 0 Å². The van der Waals surface area contributed by atoms with Crippen LogP contribution in [0.2, 0.25) is 18.1 Å². The van der Waals surface area contributed by atoms with Crippen molar-refractivity contribution in [2.24, 2.45) is 0 Å². The third-order valence-corrected chi connectivity index (χ3v) is 10.9. The van der Waals surface area contributed by atoms with Crippen molar-refractivity contribution in [1.29, 1.82) is 0 Å². The number of hydrogen-bond donors (Lipinski definition) is 0. The highest BCUT2D eigenvalue weighted by molar-refractivity contribution is 6.74. The van der Waals surface area contributed by atoms with E-state index in [4.69, 9.17) is 9.16 Å². The van der Waals surface area contributed by atoms with E-state index in [9.17, 15) is 4.79 Å². The van der Waals surface area contributed by atoms with E-state index in [0.717, 1.165) is 37.9 Å². The molecule has 0 spiro atoms. The largest absolute Gasteiger partial charge is 0.469 e. The summed E-state index contributed by atoms with van der Waals surface area (Å²) in [6.07, 6.45) is 10.0. The lowest BCUT2D eigenvalue weighted by Crippen LogP contribution is -2.41. The maximum absolute atomic E-state index is 11.4. The Balaban J connectivity index is 2.19. The van der Waals surface area contributed by atoms with Gasteiger partial charge in [0, 0.05) is 31.0 Å². The Hall–Kier alpha value is -2.24. The zero-order valence-corrected chi connectivity index (χ0v) is 21.6. The molecule has 32 heavy (non-hydrogen) atoms. The lowest BCUT2D eigenvalue weighted by molar-refractivity contribution is -0.140. The predicted octanol–water partition coefficient (Wildman–Crippen LogP) is 6.81. The maximum atomic E-state index is 11.4. The van der Waals surface area contributed by atoms with Crippen LogP contribution in [0.15, 0.2) is 54.9 Å². The van der Waals surface area contributed by atoms with Gasteiger partial charge in [0.05, 0.1) is 7.11 Å². The summed E-state index contributed by atoms with van der Waals surface area (Å²) >= 11 is 0. The molecule has 1 aromatic heterocycles. The first-order valence-corrected chi connectivity index (χ1v) is 14.5. The fourth-order valence-corrected chi connectivity index (χ4v) is 4.35. The number of allylic oxidation sites excluding steroid dienone is 1. The number of benzene rings is 1. The van der Waals surface area contributed by atoms with E-state index in [0.29, 0.717) is 6.42 Å². The summed E-state index contributed by atoms with van der Waals surface area (Å²) in [5.41, 5.74) is 4.82. The number of hydrogen-bond acceptors (Lipinski definition) is 4. The first-order valence-electron chi connectivity index (χ1n) is 11.6. The van der Waals surface area contributed by atoms with Crippen LogP contribution in [0.1, 0.15) is 63.1 Å². The predicted molar refractivity (Wildman–Crippen MR) is 135 cm³/mol. The molecule has 174 valence electrons. The Labute approximate surface area is 195 Å². The molecule has 5 heteroatoms. The monoisotopic (exact) mass is 453 g/mol. The zero-order valence-electron chi connectivity index (χ0n) is 20.6. The van der Waals surface area contributed by atoms with Gasteiger partial charge >= 0.3 is 5.97 Å². The van der Waals surface area contributed by atoms with Crippen LogP contribution >= 0.6 is 0 Å². The Kier molecular flexibility index (Phi) is 9.85. The highest BCUT2D eigenvalue weighted by Crippen LogP contribution is 2.36. The molecule has 0 bridgehead atoms. The van der Waals surface area contributed by atoms with Crippen LogP contribution in [0.3, 0.4) is 0 Å². The molecule has 0 unspecified atom stereocenters. The highest BCUT2D eigenvalue weighted by Gasteiger charge is 2.36. The van der Waals surface area contributed by atoms with Crippen molar-refractivity contribution in [2.45, 2.75) is 71.0 Å². The molecule has 1 aromatic carbocycles. The molecule has 0 N–H and O–H groups in total. The van der Waals surface area contributed by atoms with Crippen LogP contribution in [-0.2, 0) is 20.4 Å². The quantitative estimate of drug-likeness (QED) is 0.213. The van der Waals surface area contributed by atoms with E-state index in [1.807, 2.05) is 12.3 Å². The Morgan fingerprint density at radius 1 is 1.09 bits per heavy atom. The first-order chi connectivity index (χ1) is 15.2. The minimum absolute atomic E-state index is 0.145. The van der Waals surface area contributed by atoms with E-state index in [1.165, 1.54) is 23.8 Å². The van der Waals surface area contributed by atoms with Gasteiger partial charge in [-0.05, 0) is 66.6 Å². The summed E-state index contributed by atoms with van der Waals surface area (Å²) in [7, 11) is -0.333. The molecule has 0 atom stereocenters. The van der Waals surface area contributed by atoms with E-state index in [-0.39, 0.29) is 11.0 Å². The normalized spacial score (nSPS) is 12.6. The molecule has 0 aliphatic heterocycles.